The number of rotatable bonds is 6. The highest BCUT2D eigenvalue weighted by Crippen LogP contribution is 2.15. The molecule has 0 radical (unpaired) electrons. The van der Waals surface area contributed by atoms with Crippen LogP contribution in [0.15, 0.2) is 24.3 Å². The molecule has 0 spiro atoms. The van der Waals surface area contributed by atoms with Crippen LogP contribution in [-0.4, -0.2) is 29.0 Å². The average Bonchev–Trinajstić information content (AvgIpc) is 2.42. The van der Waals surface area contributed by atoms with Gasteiger partial charge in [0.05, 0.1) is 0 Å². The zero-order chi connectivity index (χ0) is 16.0. The summed E-state index contributed by atoms with van der Waals surface area (Å²) in [6, 6.07) is 5.07. The van der Waals surface area contributed by atoms with Gasteiger partial charge in [-0.2, -0.15) is 0 Å². The molecule has 2 atom stereocenters. The summed E-state index contributed by atoms with van der Waals surface area (Å²) in [5.74, 6) is -2.03. The zero-order valence-electron chi connectivity index (χ0n) is 12.3. The van der Waals surface area contributed by atoms with Gasteiger partial charge < -0.3 is 15.2 Å². The predicted octanol–water partition coefficient (Wildman–Crippen LogP) is 1.84. The molecule has 0 aromatic heterocycles. The Morgan fingerprint density at radius 1 is 1.33 bits per heavy atom. The van der Waals surface area contributed by atoms with Crippen LogP contribution in [0.25, 0.3) is 0 Å². The van der Waals surface area contributed by atoms with E-state index in [2.05, 4.69) is 5.32 Å². The van der Waals surface area contributed by atoms with Crippen LogP contribution in [0.2, 0.25) is 0 Å². The number of ether oxygens (including phenoxy) is 1. The lowest BCUT2D eigenvalue weighted by Crippen LogP contribution is -2.45. The maximum absolute atomic E-state index is 12.1. The number of carboxylic acid groups (broad SMARTS) is 1. The van der Waals surface area contributed by atoms with Crippen LogP contribution >= 0.6 is 0 Å². The third kappa shape index (κ3) is 4.91. The Bertz CT molecular complexity index is 541. The van der Waals surface area contributed by atoms with Gasteiger partial charge in [0, 0.05) is 12.5 Å². The highest BCUT2D eigenvalue weighted by molar-refractivity contribution is 5.97. The maximum atomic E-state index is 12.1. The molecule has 1 amide bonds. The number of hydrogen-bond donors (Lipinski definition) is 2. The van der Waals surface area contributed by atoms with E-state index in [9.17, 15) is 14.4 Å². The number of carbonyl (C=O) groups is 3. The van der Waals surface area contributed by atoms with Crippen molar-refractivity contribution in [3.63, 3.8) is 0 Å². The number of carboxylic acids is 1. The molecule has 0 heterocycles. The molecular weight excluding hydrogens is 274 g/mol. The third-order valence-electron chi connectivity index (χ3n) is 3.12. The standard InChI is InChI=1S/C15H19NO5/c1-4-9(2)13(15(19)20)16-14(18)11-6-5-7-12(8-11)21-10(3)17/h5-9,13H,4H2,1-3H3,(H,16,18)(H,19,20)/t9-,13-/m1/s1. The van der Waals surface area contributed by atoms with Crippen molar-refractivity contribution in [2.24, 2.45) is 5.92 Å². The number of esters is 1. The second-order valence-electron chi connectivity index (χ2n) is 4.80. The normalized spacial score (nSPS) is 13.1. The highest BCUT2D eigenvalue weighted by atomic mass is 16.5. The van der Waals surface area contributed by atoms with Gasteiger partial charge in [-0.3, -0.25) is 9.59 Å². The molecule has 1 rings (SSSR count). The Hall–Kier alpha value is -2.37. The molecular formula is C15H19NO5. The van der Waals surface area contributed by atoms with Gasteiger partial charge in [-0.15, -0.1) is 0 Å². The average molecular weight is 293 g/mol. The van der Waals surface area contributed by atoms with Crippen molar-refractivity contribution < 1.29 is 24.2 Å². The van der Waals surface area contributed by atoms with E-state index in [-0.39, 0.29) is 17.2 Å². The summed E-state index contributed by atoms with van der Waals surface area (Å²) in [4.78, 5) is 34.2. The molecule has 0 bridgehead atoms. The van der Waals surface area contributed by atoms with Gasteiger partial charge in [-0.25, -0.2) is 4.79 Å². The smallest absolute Gasteiger partial charge is 0.326 e. The first-order valence-corrected chi connectivity index (χ1v) is 6.67. The van der Waals surface area contributed by atoms with Crippen LogP contribution in [0.3, 0.4) is 0 Å². The molecule has 6 heteroatoms. The molecule has 6 nitrogen and oxygen atoms in total. The number of hydrogen-bond acceptors (Lipinski definition) is 4. The first kappa shape index (κ1) is 16.7. The van der Waals surface area contributed by atoms with Crippen LogP contribution in [0.4, 0.5) is 0 Å². The molecule has 0 unspecified atom stereocenters. The third-order valence-corrected chi connectivity index (χ3v) is 3.12. The fourth-order valence-corrected chi connectivity index (χ4v) is 1.77. The van der Waals surface area contributed by atoms with Crippen molar-refractivity contribution in [3.8, 4) is 5.75 Å². The summed E-state index contributed by atoms with van der Waals surface area (Å²) in [7, 11) is 0. The minimum absolute atomic E-state index is 0.192. The highest BCUT2D eigenvalue weighted by Gasteiger charge is 2.25. The van der Waals surface area contributed by atoms with E-state index in [0.717, 1.165) is 0 Å². The van der Waals surface area contributed by atoms with E-state index in [0.29, 0.717) is 6.42 Å². The van der Waals surface area contributed by atoms with Crippen molar-refractivity contribution in [1.29, 1.82) is 0 Å². The number of carbonyl (C=O) groups excluding carboxylic acids is 2. The fraction of sp³-hybridized carbons (Fsp3) is 0.400. The molecule has 1 aromatic rings. The SMILES string of the molecule is CC[C@@H](C)[C@@H](NC(=O)c1cccc(OC(C)=O)c1)C(=O)O. The molecule has 0 aliphatic rings. The van der Waals surface area contributed by atoms with E-state index in [1.807, 2.05) is 6.92 Å². The van der Waals surface area contributed by atoms with Gasteiger partial charge >= 0.3 is 11.9 Å². The van der Waals surface area contributed by atoms with Crippen molar-refractivity contribution in [3.05, 3.63) is 29.8 Å². The lowest BCUT2D eigenvalue weighted by atomic mass is 9.99. The molecule has 21 heavy (non-hydrogen) atoms. The summed E-state index contributed by atoms with van der Waals surface area (Å²) < 4.78 is 4.89. The monoisotopic (exact) mass is 293 g/mol. The van der Waals surface area contributed by atoms with Crippen LogP contribution in [0, 0.1) is 5.92 Å². The molecule has 0 saturated carbocycles. The Morgan fingerprint density at radius 3 is 2.52 bits per heavy atom. The lowest BCUT2D eigenvalue weighted by Gasteiger charge is -2.20. The van der Waals surface area contributed by atoms with Crippen molar-refractivity contribution in [2.75, 3.05) is 0 Å². The van der Waals surface area contributed by atoms with E-state index >= 15 is 0 Å². The maximum Gasteiger partial charge on any atom is 0.326 e. The van der Waals surface area contributed by atoms with Gasteiger partial charge in [0.15, 0.2) is 0 Å². The molecule has 2 N–H and O–H groups in total. The summed E-state index contributed by atoms with van der Waals surface area (Å²) in [6.45, 7) is 4.87. The second kappa shape index (κ2) is 7.42. The van der Waals surface area contributed by atoms with Crippen LogP contribution in [-0.2, 0) is 9.59 Å². The van der Waals surface area contributed by atoms with Gasteiger partial charge in [0.1, 0.15) is 11.8 Å². The summed E-state index contributed by atoms with van der Waals surface area (Å²) in [5, 5.41) is 11.6. The largest absolute Gasteiger partial charge is 0.480 e. The summed E-state index contributed by atoms with van der Waals surface area (Å²) in [5.41, 5.74) is 0.239. The topological polar surface area (TPSA) is 92.7 Å². The minimum Gasteiger partial charge on any atom is -0.480 e. The quantitative estimate of drug-likeness (QED) is 0.616. The van der Waals surface area contributed by atoms with Gasteiger partial charge in [0.2, 0.25) is 0 Å². The predicted molar refractivity (Wildman–Crippen MR) is 76.1 cm³/mol. The second-order valence-corrected chi connectivity index (χ2v) is 4.80. The lowest BCUT2D eigenvalue weighted by molar-refractivity contribution is -0.140. The molecule has 114 valence electrons. The molecule has 0 aliphatic heterocycles. The van der Waals surface area contributed by atoms with E-state index in [4.69, 9.17) is 9.84 Å². The fourth-order valence-electron chi connectivity index (χ4n) is 1.77. The van der Waals surface area contributed by atoms with Crippen LogP contribution < -0.4 is 10.1 Å². The zero-order valence-corrected chi connectivity index (χ0v) is 12.3. The molecule has 0 fully saturated rings. The number of nitrogens with one attached hydrogen (secondary N) is 1. The van der Waals surface area contributed by atoms with Gasteiger partial charge in [-0.05, 0) is 24.1 Å². The minimum atomic E-state index is -1.08. The summed E-state index contributed by atoms with van der Waals surface area (Å²) in [6.07, 6.45) is 0.630. The first-order chi connectivity index (χ1) is 9.85. The van der Waals surface area contributed by atoms with E-state index in [1.165, 1.54) is 19.1 Å². The van der Waals surface area contributed by atoms with Gasteiger partial charge in [0.25, 0.3) is 5.91 Å². The molecule has 0 aliphatic carbocycles. The first-order valence-electron chi connectivity index (χ1n) is 6.67. The van der Waals surface area contributed by atoms with Crippen LogP contribution in [0.1, 0.15) is 37.6 Å². The Kier molecular flexibility index (Phi) is 5.90. The molecule has 0 saturated heterocycles. The number of benzene rings is 1. The molecule has 1 aromatic carbocycles. The van der Waals surface area contributed by atoms with Gasteiger partial charge in [-0.1, -0.05) is 26.3 Å². The Labute approximate surface area is 123 Å². The number of amides is 1. The van der Waals surface area contributed by atoms with E-state index < -0.39 is 23.9 Å². The Balaban J connectivity index is 2.87. The summed E-state index contributed by atoms with van der Waals surface area (Å²) >= 11 is 0. The number of aliphatic carboxylic acids is 1. The Morgan fingerprint density at radius 2 is 2.00 bits per heavy atom. The van der Waals surface area contributed by atoms with Crippen molar-refractivity contribution in [1.82, 2.24) is 5.32 Å². The van der Waals surface area contributed by atoms with Crippen molar-refractivity contribution in [2.45, 2.75) is 33.2 Å². The van der Waals surface area contributed by atoms with Crippen molar-refractivity contribution >= 4 is 17.8 Å². The van der Waals surface area contributed by atoms with E-state index in [1.54, 1.807) is 19.1 Å². The van der Waals surface area contributed by atoms with Crippen LogP contribution in [0.5, 0.6) is 5.75 Å².